The molecular weight excluding hydrogens is 479 g/mol. The molecule has 6 aromatic rings. The summed E-state index contributed by atoms with van der Waals surface area (Å²) in [7, 11) is 0. The Labute approximate surface area is 226 Å². The number of rotatable bonds is 2. The zero-order chi connectivity index (χ0) is 25.5. The van der Waals surface area contributed by atoms with Crippen molar-refractivity contribution < 1.29 is 9.15 Å². The van der Waals surface area contributed by atoms with Crippen molar-refractivity contribution in [3.05, 3.63) is 133 Å². The third kappa shape index (κ3) is 2.79. The second-order valence-electron chi connectivity index (χ2n) is 10.5. The fourth-order valence-electron chi connectivity index (χ4n) is 7.02. The van der Waals surface area contributed by atoms with Crippen LogP contribution in [0, 0.1) is 0 Å². The lowest BCUT2D eigenvalue weighted by molar-refractivity contribution is 0.232. The van der Waals surface area contributed by atoms with Gasteiger partial charge in [0.25, 0.3) is 0 Å². The lowest BCUT2D eigenvalue weighted by Crippen LogP contribution is -2.63. The first-order valence-electron chi connectivity index (χ1n) is 13.5. The Morgan fingerprint density at radius 1 is 0.590 bits per heavy atom. The highest BCUT2D eigenvalue weighted by Crippen LogP contribution is 2.52. The zero-order valence-corrected chi connectivity index (χ0v) is 21.1. The molecule has 184 valence electrons. The van der Waals surface area contributed by atoms with Crippen molar-refractivity contribution in [3.63, 3.8) is 0 Å². The standard InChI is InChI=1S/C34H23BN2O2/c1-3-12-22(13-4-1)36-26-18-11-19-27-32(26)35(30-24-16-7-9-20-28(24)38-33(30)36)31-25-17-8-10-21-29(25)39-34(31)37(27)23-14-5-2-6-15-23/h1-21,30,33H. The normalized spacial score (nSPS) is 18.3. The topological polar surface area (TPSA) is 28.9 Å². The van der Waals surface area contributed by atoms with E-state index < -0.39 is 0 Å². The molecule has 0 saturated heterocycles. The highest BCUT2D eigenvalue weighted by molar-refractivity contribution is 6.92. The number of furan rings is 1. The van der Waals surface area contributed by atoms with Crippen molar-refractivity contribution in [2.24, 2.45) is 0 Å². The van der Waals surface area contributed by atoms with Crippen LogP contribution >= 0.6 is 0 Å². The number of hydrogen-bond donors (Lipinski definition) is 0. The number of para-hydroxylation sites is 4. The van der Waals surface area contributed by atoms with Crippen LogP contribution in [0.3, 0.4) is 0 Å². The van der Waals surface area contributed by atoms with Gasteiger partial charge < -0.3 is 14.1 Å². The molecule has 39 heavy (non-hydrogen) atoms. The molecule has 1 aromatic heterocycles. The van der Waals surface area contributed by atoms with Gasteiger partial charge in [0.15, 0.2) is 6.23 Å². The van der Waals surface area contributed by atoms with Gasteiger partial charge in [-0.15, -0.1) is 0 Å². The van der Waals surface area contributed by atoms with Crippen LogP contribution in [-0.2, 0) is 0 Å². The van der Waals surface area contributed by atoms with Crippen molar-refractivity contribution >= 4 is 57.2 Å². The number of hydrogen-bond acceptors (Lipinski definition) is 4. The van der Waals surface area contributed by atoms with E-state index in [9.17, 15) is 0 Å². The van der Waals surface area contributed by atoms with Crippen LogP contribution in [0.4, 0.5) is 28.6 Å². The summed E-state index contributed by atoms with van der Waals surface area (Å²) >= 11 is 0. The van der Waals surface area contributed by atoms with Crippen molar-refractivity contribution in [1.82, 2.24) is 0 Å². The van der Waals surface area contributed by atoms with E-state index >= 15 is 0 Å². The van der Waals surface area contributed by atoms with E-state index in [2.05, 4.69) is 137 Å². The number of fused-ring (bicyclic) bond motifs is 8. The zero-order valence-electron chi connectivity index (χ0n) is 21.1. The summed E-state index contributed by atoms with van der Waals surface area (Å²) in [5, 5.41) is 1.16. The van der Waals surface area contributed by atoms with Gasteiger partial charge in [-0.3, -0.25) is 4.90 Å². The summed E-state index contributed by atoms with van der Waals surface area (Å²) in [4.78, 5) is 4.70. The highest BCUT2D eigenvalue weighted by atomic mass is 16.5. The van der Waals surface area contributed by atoms with Crippen LogP contribution in [0.2, 0.25) is 0 Å². The Morgan fingerprint density at radius 2 is 1.28 bits per heavy atom. The van der Waals surface area contributed by atoms with Crippen LogP contribution in [0.1, 0.15) is 11.4 Å². The van der Waals surface area contributed by atoms with Crippen LogP contribution in [0.15, 0.2) is 132 Å². The summed E-state index contributed by atoms with van der Waals surface area (Å²) in [6.07, 6.45) is -0.178. The van der Waals surface area contributed by atoms with Crippen molar-refractivity contribution in [3.8, 4) is 5.75 Å². The molecule has 3 aliphatic heterocycles. The molecule has 2 atom stereocenters. The molecule has 0 radical (unpaired) electrons. The minimum Gasteiger partial charge on any atom is -0.470 e. The predicted molar refractivity (Wildman–Crippen MR) is 158 cm³/mol. The van der Waals surface area contributed by atoms with Crippen LogP contribution < -0.4 is 25.5 Å². The first kappa shape index (κ1) is 21.1. The predicted octanol–water partition coefficient (Wildman–Crippen LogP) is 7.02. The van der Waals surface area contributed by atoms with Gasteiger partial charge in [-0.25, -0.2) is 0 Å². The maximum atomic E-state index is 6.83. The summed E-state index contributed by atoms with van der Waals surface area (Å²) < 4.78 is 13.6. The number of anilines is 5. The third-order valence-corrected chi connectivity index (χ3v) is 8.50. The smallest absolute Gasteiger partial charge is 0.236 e. The second-order valence-corrected chi connectivity index (χ2v) is 10.5. The van der Waals surface area contributed by atoms with E-state index in [1.54, 1.807) is 0 Å². The van der Waals surface area contributed by atoms with Gasteiger partial charge in [-0.1, -0.05) is 78.9 Å². The minimum atomic E-state index is -0.178. The number of nitrogens with zero attached hydrogens (tertiary/aromatic N) is 2. The van der Waals surface area contributed by atoms with Crippen molar-refractivity contribution in [1.29, 1.82) is 0 Å². The minimum absolute atomic E-state index is 0.0726. The highest BCUT2D eigenvalue weighted by Gasteiger charge is 2.56. The van der Waals surface area contributed by atoms with Gasteiger partial charge in [0, 0.05) is 34.0 Å². The molecule has 0 aliphatic carbocycles. The largest absolute Gasteiger partial charge is 0.470 e. The average molecular weight is 502 g/mol. The van der Waals surface area contributed by atoms with Gasteiger partial charge in [0.1, 0.15) is 11.3 Å². The van der Waals surface area contributed by atoms with Gasteiger partial charge in [-0.05, 0) is 65.0 Å². The van der Waals surface area contributed by atoms with Crippen LogP contribution in [0.25, 0.3) is 11.0 Å². The maximum absolute atomic E-state index is 6.83. The van der Waals surface area contributed by atoms with Gasteiger partial charge in [0.05, 0.1) is 0 Å². The van der Waals surface area contributed by atoms with Crippen molar-refractivity contribution in [2.75, 3.05) is 9.80 Å². The fourth-order valence-corrected chi connectivity index (χ4v) is 7.02. The first-order chi connectivity index (χ1) is 19.4. The van der Waals surface area contributed by atoms with Crippen LogP contribution in [0.5, 0.6) is 5.75 Å². The molecular formula is C34H23BN2O2. The molecule has 9 rings (SSSR count). The van der Waals surface area contributed by atoms with E-state index in [-0.39, 0.29) is 18.8 Å². The number of benzene rings is 5. The third-order valence-electron chi connectivity index (χ3n) is 8.50. The Morgan fingerprint density at radius 3 is 2.13 bits per heavy atom. The number of ether oxygens (including phenoxy) is 1. The Hall–Kier alpha value is -4.90. The lowest BCUT2D eigenvalue weighted by Gasteiger charge is -2.46. The Bertz CT molecular complexity index is 1880. The Balaban J connectivity index is 1.41. The van der Waals surface area contributed by atoms with Crippen LogP contribution in [-0.4, -0.2) is 12.9 Å². The molecule has 3 aliphatic rings. The summed E-state index contributed by atoms with van der Waals surface area (Å²) in [5.74, 6) is 1.95. The SMILES string of the molecule is c1ccc(N2c3cccc4c3B(c3c2oc2ccccc32)C2c3ccccc3OC2N4c2ccccc2)cc1. The molecule has 0 bridgehead atoms. The van der Waals surface area contributed by atoms with E-state index in [1.807, 2.05) is 0 Å². The molecule has 0 fully saturated rings. The molecule has 5 aromatic carbocycles. The van der Waals surface area contributed by atoms with E-state index in [0.29, 0.717) is 0 Å². The lowest BCUT2D eigenvalue weighted by atomic mass is 9.29. The van der Waals surface area contributed by atoms with Gasteiger partial charge >= 0.3 is 0 Å². The van der Waals surface area contributed by atoms with E-state index in [4.69, 9.17) is 9.15 Å². The molecule has 0 N–H and O–H groups in total. The molecule has 5 heteroatoms. The maximum Gasteiger partial charge on any atom is 0.236 e. The van der Waals surface area contributed by atoms with Gasteiger partial charge in [0.2, 0.25) is 12.6 Å². The molecule has 0 spiro atoms. The Kier molecular flexibility index (Phi) is 4.22. The second kappa shape index (κ2) is 7.81. The van der Waals surface area contributed by atoms with E-state index in [0.717, 1.165) is 39.7 Å². The molecule has 4 nitrogen and oxygen atoms in total. The van der Waals surface area contributed by atoms with Crippen molar-refractivity contribution in [2.45, 2.75) is 12.0 Å². The van der Waals surface area contributed by atoms with E-state index in [1.165, 1.54) is 22.2 Å². The molecule has 0 amide bonds. The summed E-state index contributed by atoms with van der Waals surface area (Å²) in [6, 6.07) is 44.8. The molecule has 4 heterocycles. The molecule has 0 saturated carbocycles. The van der Waals surface area contributed by atoms with Gasteiger partial charge in [-0.2, -0.15) is 0 Å². The fraction of sp³-hybridized carbons (Fsp3) is 0.0588. The first-order valence-corrected chi connectivity index (χ1v) is 13.5. The average Bonchev–Trinajstić information content (AvgIpc) is 3.57. The quantitative estimate of drug-likeness (QED) is 0.238. The summed E-state index contributed by atoms with van der Waals surface area (Å²) in [5.41, 5.74) is 9.24. The summed E-state index contributed by atoms with van der Waals surface area (Å²) in [6.45, 7) is 0.0726. The monoisotopic (exact) mass is 502 g/mol. The molecule has 2 unspecified atom stereocenters.